The molecule has 31 heavy (non-hydrogen) atoms. The maximum Gasteiger partial charge on any atom is 0.308 e. The second-order valence-corrected chi connectivity index (χ2v) is 8.84. The highest BCUT2D eigenvalue weighted by Crippen LogP contribution is 2.34. The largest absolute Gasteiger partial charge is 0.463 e. The average molecular weight is 441 g/mol. The van der Waals surface area contributed by atoms with Gasteiger partial charge in [-0.05, 0) is 38.5 Å². The van der Waals surface area contributed by atoms with Gasteiger partial charge in [0.1, 0.15) is 0 Å². The van der Waals surface area contributed by atoms with E-state index in [1.165, 1.54) is 11.8 Å². The van der Waals surface area contributed by atoms with Crippen molar-refractivity contribution in [3.05, 3.63) is 59.7 Å². The van der Waals surface area contributed by atoms with E-state index in [1.54, 1.807) is 18.7 Å². The number of rotatable bonds is 8. The van der Waals surface area contributed by atoms with E-state index in [0.29, 0.717) is 12.3 Å². The molecule has 0 fully saturated rings. The van der Waals surface area contributed by atoms with E-state index in [0.717, 1.165) is 21.7 Å². The number of hydrogen-bond acceptors (Lipinski definition) is 5. The molecule has 0 aliphatic carbocycles. The monoisotopic (exact) mass is 440 g/mol. The zero-order chi connectivity index (χ0) is 22.4. The lowest BCUT2D eigenvalue weighted by molar-refractivity contribution is -0.148. The zero-order valence-electron chi connectivity index (χ0n) is 18.1. The van der Waals surface area contributed by atoms with Gasteiger partial charge in [0, 0.05) is 17.9 Å². The first kappa shape index (κ1) is 22.9. The predicted molar refractivity (Wildman–Crippen MR) is 122 cm³/mol. The number of esters is 1. The molecular formula is C24H28N2O4S. The molecule has 1 N–H and O–H groups in total. The van der Waals surface area contributed by atoms with Crippen molar-refractivity contribution in [1.29, 1.82) is 0 Å². The summed E-state index contributed by atoms with van der Waals surface area (Å²) >= 11 is 1.51. The van der Waals surface area contributed by atoms with E-state index in [4.69, 9.17) is 4.74 Å². The molecule has 0 saturated heterocycles. The Morgan fingerprint density at radius 3 is 2.55 bits per heavy atom. The molecule has 0 bridgehead atoms. The summed E-state index contributed by atoms with van der Waals surface area (Å²) in [6.07, 6.45) is -0.0218. The lowest BCUT2D eigenvalue weighted by Gasteiger charge is -2.29. The zero-order valence-corrected chi connectivity index (χ0v) is 18.9. The van der Waals surface area contributed by atoms with Crippen LogP contribution in [0.25, 0.3) is 0 Å². The van der Waals surface area contributed by atoms with Gasteiger partial charge in [-0.1, -0.05) is 42.0 Å². The third-order valence-electron chi connectivity index (χ3n) is 4.92. The molecule has 0 aromatic heterocycles. The number of fused-ring (bicyclic) bond motifs is 1. The number of carbonyl (C=O) groups is 3. The molecule has 3 rings (SSSR count). The third-order valence-corrected chi connectivity index (χ3v) is 5.97. The van der Waals surface area contributed by atoms with E-state index in [-0.39, 0.29) is 36.7 Å². The fourth-order valence-corrected chi connectivity index (χ4v) is 4.34. The molecule has 1 unspecified atom stereocenters. The van der Waals surface area contributed by atoms with E-state index in [1.807, 2.05) is 55.5 Å². The van der Waals surface area contributed by atoms with Gasteiger partial charge < -0.3 is 15.0 Å². The molecule has 2 aromatic rings. The van der Waals surface area contributed by atoms with Gasteiger partial charge in [-0.2, -0.15) is 0 Å². The van der Waals surface area contributed by atoms with Gasteiger partial charge >= 0.3 is 5.97 Å². The molecule has 0 radical (unpaired) electrons. The van der Waals surface area contributed by atoms with Crippen LogP contribution in [0.3, 0.4) is 0 Å². The number of para-hydroxylation sites is 1. The standard InChI is InChI=1S/C24H28N2O4S/c1-16(2)30-24(29)14-19(18-10-8-17(3)9-11-18)25-22(27)12-13-26-20-6-4-5-7-21(20)31-15-23(26)28/h4-11,16,19H,12-15H2,1-3H3,(H,25,27). The van der Waals surface area contributed by atoms with Crippen molar-refractivity contribution >= 4 is 35.2 Å². The lowest BCUT2D eigenvalue weighted by atomic mass is 10.0. The van der Waals surface area contributed by atoms with Crippen LogP contribution in [0, 0.1) is 6.92 Å². The molecule has 0 spiro atoms. The Hall–Kier alpha value is -2.80. The van der Waals surface area contributed by atoms with Crippen LogP contribution < -0.4 is 10.2 Å². The number of thioether (sulfide) groups is 1. The van der Waals surface area contributed by atoms with Gasteiger partial charge in [-0.3, -0.25) is 14.4 Å². The second-order valence-electron chi connectivity index (χ2n) is 7.83. The minimum Gasteiger partial charge on any atom is -0.463 e. The topological polar surface area (TPSA) is 75.7 Å². The van der Waals surface area contributed by atoms with Crippen LogP contribution in [0.4, 0.5) is 5.69 Å². The summed E-state index contributed by atoms with van der Waals surface area (Å²) in [4.78, 5) is 40.1. The summed E-state index contributed by atoms with van der Waals surface area (Å²) in [5.41, 5.74) is 2.78. The second kappa shape index (κ2) is 10.5. The third kappa shape index (κ3) is 6.34. The smallest absolute Gasteiger partial charge is 0.308 e. The Bertz CT molecular complexity index is 943. The first-order chi connectivity index (χ1) is 14.8. The fraction of sp³-hybridized carbons (Fsp3) is 0.375. The molecule has 1 heterocycles. The average Bonchev–Trinajstić information content (AvgIpc) is 2.72. The summed E-state index contributed by atoms with van der Waals surface area (Å²) < 4.78 is 5.27. The highest BCUT2D eigenvalue weighted by atomic mass is 32.2. The Kier molecular flexibility index (Phi) is 7.74. The minimum atomic E-state index is -0.487. The number of carbonyl (C=O) groups excluding carboxylic acids is 3. The summed E-state index contributed by atoms with van der Waals surface area (Å²) in [5, 5.41) is 2.95. The Morgan fingerprint density at radius 2 is 1.84 bits per heavy atom. The number of anilines is 1. The lowest BCUT2D eigenvalue weighted by Crippen LogP contribution is -2.39. The number of hydrogen-bond donors (Lipinski definition) is 1. The van der Waals surface area contributed by atoms with Crippen LogP contribution in [-0.2, 0) is 19.1 Å². The molecule has 1 aliphatic heterocycles. The first-order valence-electron chi connectivity index (χ1n) is 10.4. The van der Waals surface area contributed by atoms with Crippen molar-refractivity contribution < 1.29 is 19.1 Å². The highest BCUT2D eigenvalue weighted by molar-refractivity contribution is 8.00. The number of ether oxygens (including phenoxy) is 1. The number of nitrogens with zero attached hydrogens (tertiary/aromatic N) is 1. The molecule has 2 aromatic carbocycles. The maximum absolute atomic E-state index is 12.8. The van der Waals surface area contributed by atoms with Crippen molar-refractivity contribution in [2.75, 3.05) is 17.2 Å². The van der Waals surface area contributed by atoms with E-state index in [9.17, 15) is 14.4 Å². The minimum absolute atomic E-state index is 0.00732. The molecule has 7 heteroatoms. The van der Waals surface area contributed by atoms with Gasteiger partial charge in [0.2, 0.25) is 11.8 Å². The normalized spacial score (nSPS) is 14.2. The molecule has 2 amide bonds. The quantitative estimate of drug-likeness (QED) is 0.628. The molecule has 0 saturated carbocycles. The summed E-state index contributed by atoms with van der Waals surface area (Å²) in [7, 11) is 0. The SMILES string of the molecule is Cc1ccc(C(CC(=O)OC(C)C)NC(=O)CCN2C(=O)CSc3ccccc32)cc1. The molecule has 1 atom stereocenters. The number of nitrogens with one attached hydrogen (secondary N) is 1. The summed E-state index contributed by atoms with van der Waals surface area (Å²) in [6.45, 7) is 5.86. The first-order valence-corrected chi connectivity index (χ1v) is 11.4. The van der Waals surface area contributed by atoms with Gasteiger partial charge in [0.15, 0.2) is 0 Å². The van der Waals surface area contributed by atoms with E-state index < -0.39 is 6.04 Å². The molecule has 1 aliphatic rings. The van der Waals surface area contributed by atoms with Crippen molar-refractivity contribution in [1.82, 2.24) is 5.32 Å². The number of amides is 2. The van der Waals surface area contributed by atoms with E-state index in [2.05, 4.69) is 5.32 Å². The molecule has 6 nitrogen and oxygen atoms in total. The molecular weight excluding hydrogens is 412 g/mol. The number of benzene rings is 2. The highest BCUT2D eigenvalue weighted by Gasteiger charge is 2.26. The predicted octanol–water partition coefficient (Wildman–Crippen LogP) is 4.02. The van der Waals surface area contributed by atoms with Crippen LogP contribution in [0.5, 0.6) is 0 Å². The summed E-state index contributed by atoms with van der Waals surface area (Å²) in [5.74, 6) is -0.220. The van der Waals surface area contributed by atoms with Crippen LogP contribution >= 0.6 is 11.8 Å². The van der Waals surface area contributed by atoms with E-state index >= 15 is 0 Å². The fourth-order valence-electron chi connectivity index (χ4n) is 3.41. The van der Waals surface area contributed by atoms with Crippen LogP contribution in [-0.4, -0.2) is 36.2 Å². The van der Waals surface area contributed by atoms with Crippen molar-refractivity contribution in [3.63, 3.8) is 0 Å². The van der Waals surface area contributed by atoms with Crippen LogP contribution in [0.1, 0.15) is 43.9 Å². The van der Waals surface area contributed by atoms with Crippen molar-refractivity contribution in [2.45, 2.75) is 50.7 Å². The van der Waals surface area contributed by atoms with Gasteiger partial charge in [0.05, 0.1) is 30.0 Å². The number of aryl methyl sites for hydroxylation is 1. The van der Waals surface area contributed by atoms with Crippen LogP contribution in [0.2, 0.25) is 0 Å². The summed E-state index contributed by atoms with van der Waals surface area (Å²) in [6, 6.07) is 14.9. The van der Waals surface area contributed by atoms with Gasteiger partial charge in [-0.25, -0.2) is 0 Å². The Labute approximate surface area is 187 Å². The van der Waals surface area contributed by atoms with Crippen molar-refractivity contribution in [3.8, 4) is 0 Å². The van der Waals surface area contributed by atoms with Crippen molar-refractivity contribution in [2.24, 2.45) is 0 Å². The maximum atomic E-state index is 12.8. The van der Waals surface area contributed by atoms with Crippen LogP contribution in [0.15, 0.2) is 53.4 Å². The molecule has 164 valence electrons. The van der Waals surface area contributed by atoms with Gasteiger partial charge in [-0.15, -0.1) is 11.8 Å². The Balaban J connectivity index is 1.66. The van der Waals surface area contributed by atoms with Gasteiger partial charge in [0.25, 0.3) is 0 Å². The Morgan fingerprint density at radius 1 is 1.13 bits per heavy atom.